The molecule has 1 rings (SSSR count). The molecule has 5 nitrogen and oxygen atoms in total. The summed E-state index contributed by atoms with van der Waals surface area (Å²) in [6.07, 6.45) is 1.06. The molecule has 0 bridgehead atoms. The van der Waals surface area contributed by atoms with E-state index in [0.717, 1.165) is 16.8 Å². The number of carbonyl (C=O) groups excluding carboxylic acids is 1. The molecule has 1 aromatic carbocycles. The van der Waals surface area contributed by atoms with Crippen LogP contribution < -0.4 is 10.6 Å². The highest BCUT2D eigenvalue weighted by Gasteiger charge is 2.08. The third-order valence-corrected chi connectivity index (χ3v) is 3.50. The van der Waals surface area contributed by atoms with Crippen molar-refractivity contribution in [3.8, 4) is 0 Å². The number of carbonyl (C=O) groups is 1. The summed E-state index contributed by atoms with van der Waals surface area (Å²) in [6.45, 7) is 8.86. The second-order valence-corrected chi connectivity index (χ2v) is 5.68. The third kappa shape index (κ3) is 6.45. The number of anilines is 1. The van der Waals surface area contributed by atoms with Gasteiger partial charge in [-0.2, -0.15) is 0 Å². The quantitative estimate of drug-likeness (QED) is 0.690. The number of nitrogens with one attached hydrogen (secondary N) is 2. The molecule has 0 radical (unpaired) electrons. The molecule has 0 aromatic heterocycles. The molecule has 1 unspecified atom stereocenters. The van der Waals surface area contributed by atoms with E-state index in [1.807, 2.05) is 45.9 Å². The lowest BCUT2D eigenvalue weighted by atomic mass is 10.1. The predicted octanol–water partition coefficient (Wildman–Crippen LogP) is 3.20. The van der Waals surface area contributed by atoms with Crippen molar-refractivity contribution in [2.24, 2.45) is 0 Å². The first-order chi connectivity index (χ1) is 10.4. The van der Waals surface area contributed by atoms with E-state index in [4.69, 9.17) is 4.74 Å². The first kappa shape index (κ1) is 18.5. The minimum Gasteiger partial charge on any atom is -0.393 e. The van der Waals surface area contributed by atoms with E-state index in [-0.39, 0.29) is 18.2 Å². The van der Waals surface area contributed by atoms with Crippen molar-refractivity contribution in [3.63, 3.8) is 0 Å². The van der Waals surface area contributed by atoms with Crippen LogP contribution in [0, 0.1) is 6.92 Å². The largest absolute Gasteiger partial charge is 0.393 e. The number of urea groups is 1. The third-order valence-electron chi connectivity index (χ3n) is 3.50. The highest BCUT2D eigenvalue weighted by molar-refractivity contribution is 5.90. The van der Waals surface area contributed by atoms with Crippen LogP contribution >= 0.6 is 0 Å². The van der Waals surface area contributed by atoms with E-state index in [9.17, 15) is 9.90 Å². The second kappa shape index (κ2) is 9.43. The van der Waals surface area contributed by atoms with Crippen LogP contribution in [0.15, 0.2) is 18.2 Å². The Bertz CT molecular complexity index is 475. The van der Waals surface area contributed by atoms with Gasteiger partial charge in [0, 0.05) is 12.2 Å². The van der Waals surface area contributed by atoms with Gasteiger partial charge in [-0.15, -0.1) is 0 Å². The van der Waals surface area contributed by atoms with Gasteiger partial charge in [0.2, 0.25) is 0 Å². The molecule has 5 heteroatoms. The van der Waals surface area contributed by atoms with Gasteiger partial charge < -0.3 is 20.5 Å². The topological polar surface area (TPSA) is 70.6 Å². The van der Waals surface area contributed by atoms with Gasteiger partial charge in [-0.25, -0.2) is 4.79 Å². The predicted molar refractivity (Wildman–Crippen MR) is 89.0 cm³/mol. The number of amides is 2. The second-order valence-electron chi connectivity index (χ2n) is 5.68. The summed E-state index contributed by atoms with van der Waals surface area (Å²) in [7, 11) is 0. The summed E-state index contributed by atoms with van der Waals surface area (Å²) in [5.41, 5.74) is 2.85. The SMILES string of the molecule is CCC(O)CCNC(=O)Nc1cccc(COC(C)C)c1C. The fourth-order valence-corrected chi connectivity index (χ4v) is 1.95. The van der Waals surface area contributed by atoms with Crippen molar-refractivity contribution in [3.05, 3.63) is 29.3 Å². The highest BCUT2D eigenvalue weighted by atomic mass is 16.5. The smallest absolute Gasteiger partial charge is 0.319 e. The number of aliphatic hydroxyl groups excluding tert-OH is 1. The number of hydrogen-bond donors (Lipinski definition) is 3. The number of aliphatic hydroxyl groups is 1. The minimum absolute atomic E-state index is 0.171. The Morgan fingerprint density at radius 3 is 2.73 bits per heavy atom. The van der Waals surface area contributed by atoms with Crippen LogP contribution in [0.4, 0.5) is 10.5 Å². The van der Waals surface area contributed by atoms with Gasteiger partial charge in [0.15, 0.2) is 0 Å². The Morgan fingerprint density at radius 2 is 2.09 bits per heavy atom. The standard InChI is InChI=1S/C17H28N2O3/c1-5-15(20)9-10-18-17(21)19-16-8-6-7-14(13(16)4)11-22-12(2)3/h6-8,12,15,20H,5,9-11H2,1-4H3,(H2,18,19,21). The van der Waals surface area contributed by atoms with Crippen LogP contribution in [0.1, 0.15) is 44.7 Å². The van der Waals surface area contributed by atoms with Crippen molar-refractivity contribution in [1.82, 2.24) is 5.32 Å². The molecule has 0 fully saturated rings. The Kier molecular flexibility index (Phi) is 7.91. The molecule has 2 amide bonds. The fraction of sp³-hybridized carbons (Fsp3) is 0.588. The lowest BCUT2D eigenvalue weighted by Crippen LogP contribution is -2.31. The number of ether oxygens (including phenoxy) is 1. The summed E-state index contributed by atoms with van der Waals surface area (Å²) in [5.74, 6) is 0. The lowest BCUT2D eigenvalue weighted by molar-refractivity contribution is 0.0654. The van der Waals surface area contributed by atoms with Crippen LogP contribution in [0.2, 0.25) is 0 Å². The zero-order valence-electron chi connectivity index (χ0n) is 14.0. The molecule has 0 spiro atoms. The van der Waals surface area contributed by atoms with E-state index >= 15 is 0 Å². The molecule has 0 saturated heterocycles. The zero-order valence-corrected chi connectivity index (χ0v) is 14.0. The van der Waals surface area contributed by atoms with E-state index in [1.165, 1.54) is 0 Å². The summed E-state index contributed by atoms with van der Waals surface area (Å²) < 4.78 is 5.62. The van der Waals surface area contributed by atoms with Crippen molar-refractivity contribution in [2.75, 3.05) is 11.9 Å². The van der Waals surface area contributed by atoms with Crippen LogP contribution in [0.5, 0.6) is 0 Å². The van der Waals surface area contributed by atoms with Crippen LogP contribution in [-0.2, 0) is 11.3 Å². The maximum Gasteiger partial charge on any atom is 0.319 e. The average molecular weight is 308 g/mol. The number of rotatable bonds is 8. The van der Waals surface area contributed by atoms with Gasteiger partial charge in [-0.1, -0.05) is 19.1 Å². The molecule has 0 saturated carbocycles. The van der Waals surface area contributed by atoms with Gasteiger partial charge >= 0.3 is 6.03 Å². The van der Waals surface area contributed by atoms with Gasteiger partial charge in [0.05, 0.1) is 18.8 Å². The van der Waals surface area contributed by atoms with Gasteiger partial charge in [-0.3, -0.25) is 0 Å². The number of benzene rings is 1. The molecular formula is C17H28N2O3. The van der Waals surface area contributed by atoms with Crippen molar-refractivity contribution >= 4 is 11.7 Å². The van der Waals surface area contributed by atoms with Crippen molar-refractivity contribution in [1.29, 1.82) is 0 Å². The molecule has 3 N–H and O–H groups in total. The molecule has 0 heterocycles. The minimum atomic E-state index is -0.362. The van der Waals surface area contributed by atoms with Crippen LogP contribution in [0.25, 0.3) is 0 Å². The van der Waals surface area contributed by atoms with Crippen LogP contribution in [0.3, 0.4) is 0 Å². The number of hydrogen-bond acceptors (Lipinski definition) is 3. The Balaban J connectivity index is 2.54. The van der Waals surface area contributed by atoms with Gasteiger partial charge in [0.25, 0.3) is 0 Å². The highest BCUT2D eigenvalue weighted by Crippen LogP contribution is 2.20. The van der Waals surface area contributed by atoms with Crippen LogP contribution in [-0.4, -0.2) is 29.9 Å². The molecule has 22 heavy (non-hydrogen) atoms. The molecular weight excluding hydrogens is 280 g/mol. The first-order valence-electron chi connectivity index (χ1n) is 7.87. The molecule has 124 valence electrons. The van der Waals surface area contributed by atoms with E-state index in [1.54, 1.807) is 0 Å². The van der Waals surface area contributed by atoms with Crippen molar-refractivity contribution < 1.29 is 14.6 Å². The lowest BCUT2D eigenvalue weighted by Gasteiger charge is -2.15. The van der Waals surface area contributed by atoms with Gasteiger partial charge in [0.1, 0.15) is 0 Å². The zero-order chi connectivity index (χ0) is 16.5. The van der Waals surface area contributed by atoms with E-state index < -0.39 is 0 Å². The molecule has 0 aliphatic heterocycles. The summed E-state index contributed by atoms with van der Waals surface area (Å²) in [5, 5.41) is 15.1. The first-order valence-corrected chi connectivity index (χ1v) is 7.87. The molecule has 1 atom stereocenters. The molecule has 0 aliphatic carbocycles. The molecule has 0 aliphatic rings. The maximum absolute atomic E-state index is 11.9. The summed E-state index contributed by atoms with van der Waals surface area (Å²) in [4.78, 5) is 11.9. The Hall–Kier alpha value is -1.59. The van der Waals surface area contributed by atoms with Crippen molar-refractivity contribution in [2.45, 2.75) is 59.4 Å². The Morgan fingerprint density at radius 1 is 1.36 bits per heavy atom. The summed E-state index contributed by atoms with van der Waals surface area (Å²) in [6, 6.07) is 5.52. The normalized spacial score (nSPS) is 12.3. The van der Waals surface area contributed by atoms with E-state index in [0.29, 0.717) is 26.0 Å². The summed E-state index contributed by atoms with van der Waals surface area (Å²) >= 11 is 0. The Labute approximate surface area is 133 Å². The molecule has 1 aromatic rings. The fourth-order valence-electron chi connectivity index (χ4n) is 1.95. The van der Waals surface area contributed by atoms with Gasteiger partial charge in [-0.05, 0) is 50.8 Å². The maximum atomic E-state index is 11.9. The monoisotopic (exact) mass is 308 g/mol. The average Bonchev–Trinajstić information content (AvgIpc) is 2.47. The van der Waals surface area contributed by atoms with E-state index in [2.05, 4.69) is 10.6 Å².